The summed E-state index contributed by atoms with van der Waals surface area (Å²) in [6.45, 7) is 9.27. The fraction of sp³-hybridized carbons (Fsp3) is 0.625. The predicted molar refractivity (Wildman–Crippen MR) is 76.0 cm³/mol. The molecule has 2 rings (SSSR count). The maximum Gasteiger partial charge on any atom is 0.0401 e. The van der Waals surface area contributed by atoms with E-state index in [1.807, 2.05) is 0 Å². The van der Waals surface area contributed by atoms with Crippen molar-refractivity contribution in [2.24, 2.45) is 0 Å². The summed E-state index contributed by atoms with van der Waals surface area (Å²) in [6.07, 6.45) is 6.17. The second-order valence-corrected chi connectivity index (χ2v) is 5.05. The lowest BCUT2D eigenvalue weighted by Crippen LogP contribution is -2.30. The van der Waals surface area contributed by atoms with Crippen molar-refractivity contribution in [1.29, 1.82) is 0 Å². The van der Waals surface area contributed by atoms with Crippen molar-refractivity contribution in [1.82, 2.24) is 0 Å². The molecule has 94 valence electrons. The molecule has 1 aromatic carbocycles. The SMILES string of the molecule is CCCN1CCCc2cc(CC)c(CC)cc21. The Morgan fingerprint density at radius 1 is 1.06 bits per heavy atom. The fourth-order valence-electron chi connectivity index (χ4n) is 2.96. The van der Waals surface area contributed by atoms with Crippen LogP contribution in [0.25, 0.3) is 0 Å². The second-order valence-electron chi connectivity index (χ2n) is 5.05. The summed E-state index contributed by atoms with van der Waals surface area (Å²) in [4.78, 5) is 2.58. The minimum Gasteiger partial charge on any atom is -0.371 e. The molecule has 1 aliphatic rings. The molecule has 0 aromatic heterocycles. The van der Waals surface area contributed by atoms with Crippen molar-refractivity contribution in [2.45, 2.75) is 52.9 Å². The molecular formula is C16H25N. The summed E-state index contributed by atoms with van der Waals surface area (Å²) < 4.78 is 0. The predicted octanol–water partition coefficient (Wildman–Crippen LogP) is 3.97. The Kier molecular flexibility index (Phi) is 4.09. The molecule has 0 amide bonds. The van der Waals surface area contributed by atoms with Crippen LogP contribution in [0.2, 0.25) is 0 Å². The van der Waals surface area contributed by atoms with Crippen LogP contribution < -0.4 is 4.90 Å². The van der Waals surface area contributed by atoms with Gasteiger partial charge in [-0.25, -0.2) is 0 Å². The first-order chi connectivity index (χ1) is 8.30. The molecule has 1 heterocycles. The number of anilines is 1. The van der Waals surface area contributed by atoms with Crippen LogP contribution in [0.4, 0.5) is 5.69 Å². The standard InChI is InChI=1S/C16H25N/c1-4-9-17-10-7-8-15-11-13(5-2)14(6-3)12-16(15)17/h11-12H,4-10H2,1-3H3. The van der Waals surface area contributed by atoms with Gasteiger partial charge in [-0.1, -0.05) is 26.8 Å². The van der Waals surface area contributed by atoms with Gasteiger partial charge in [0.1, 0.15) is 0 Å². The van der Waals surface area contributed by atoms with Gasteiger partial charge in [-0.2, -0.15) is 0 Å². The van der Waals surface area contributed by atoms with Gasteiger partial charge in [-0.15, -0.1) is 0 Å². The van der Waals surface area contributed by atoms with Gasteiger partial charge in [0.15, 0.2) is 0 Å². The van der Waals surface area contributed by atoms with Gasteiger partial charge < -0.3 is 4.90 Å². The topological polar surface area (TPSA) is 3.24 Å². The Morgan fingerprint density at radius 2 is 1.76 bits per heavy atom. The highest BCUT2D eigenvalue weighted by atomic mass is 15.1. The molecule has 0 bridgehead atoms. The summed E-state index contributed by atoms with van der Waals surface area (Å²) in [6, 6.07) is 4.93. The normalized spacial score (nSPS) is 14.9. The van der Waals surface area contributed by atoms with Crippen LogP contribution in [-0.4, -0.2) is 13.1 Å². The smallest absolute Gasteiger partial charge is 0.0401 e. The van der Waals surface area contributed by atoms with E-state index in [-0.39, 0.29) is 0 Å². The highest BCUT2D eigenvalue weighted by Gasteiger charge is 2.17. The lowest BCUT2D eigenvalue weighted by Gasteiger charge is -2.32. The van der Waals surface area contributed by atoms with E-state index in [1.165, 1.54) is 44.5 Å². The molecular weight excluding hydrogens is 206 g/mol. The van der Waals surface area contributed by atoms with E-state index in [0.29, 0.717) is 0 Å². The molecule has 0 unspecified atom stereocenters. The zero-order valence-corrected chi connectivity index (χ0v) is 11.6. The van der Waals surface area contributed by atoms with Gasteiger partial charge in [0.05, 0.1) is 0 Å². The maximum absolute atomic E-state index is 2.58. The first-order valence-electron chi connectivity index (χ1n) is 7.19. The van der Waals surface area contributed by atoms with Crippen LogP contribution in [0.3, 0.4) is 0 Å². The lowest BCUT2D eigenvalue weighted by atomic mass is 9.93. The Labute approximate surface area is 106 Å². The van der Waals surface area contributed by atoms with Gasteiger partial charge >= 0.3 is 0 Å². The highest BCUT2D eigenvalue weighted by molar-refractivity contribution is 5.59. The largest absolute Gasteiger partial charge is 0.371 e. The van der Waals surface area contributed by atoms with Crippen LogP contribution in [-0.2, 0) is 19.3 Å². The van der Waals surface area contributed by atoms with E-state index in [4.69, 9.17) is 0 Å². The van der Waals surface area contributed by atoms with Crippen molar-refractivity contribution in [3.63, 3.8) is 0 Å². The second kappa shape index (κ2) is 5.57. The average molecular weight is 231 g/mol. The third kappa shape index (κ3) is 2.48. The third-order valence-electron chi connectivity index (χ3n) is 3.87. The minimum absolute atomic E-state index is 1.16. The molecule has 0 saturated carbocycles. The van der Waals surface area contributed by atoms with E-state index >= 15 is 0 Å². The van der Waals surface area contributed by atoms with Crippen molar-refractivity contribution in [3.8, 4) is 0 Å². The van der Waals surface area contributed by atoms with Crippen LogP contribution in [0, 0.1) is 0 Å². The number of hydrogen-bond donors (Lipinski definition) is 0. The maximum atomic E-state index is 2.58. The van der Waals surface area contributed by atoms with Crippen LogP contribution >= 0.6 is 0 Å². The highest BCUT2D eigenvalue weighted by Crippen LogP contribution is 2.30. The van der Waals surface area contributed by atoms with E-state index in [1.54, 1.807) is 16.7 Å². The summed E-state index contributed by atoms with van der Waals surface area (Å²) in [5.74, 6) is 0. The molecule has 17 heavy (non-hydrogen) atoms. The van der Waals surface area contributed by atoms with Gasteiger partial charge in [-0.3, -0.25) is 0 Å². The third-order valence-corrected chi connectivity index (χ3v) is 3.87. The van der Waals surface area contributed by atoms with Crippen LogP contribution in [0.5, 0.6) is 0 Å². The van der Waals surface area contributed by atoms with Gasteiger partial charge in [0.2, 0.25) is 0 Å². The first kappa shape index (κ1) is 12.5. The van der Waals surface area contributed by atoms with Crippen molar-refractivity contribution < 1.29 is 0 Å². The van der Waals surface area contributed by atoms with E-state index in [9.17, 15) is 0 Å². The molecule has 1 nitrogen and oxygen atoms in total. The summed E-state index contributed by atoms with van der Waals surface area (Å²) in [5, 5.41) is 0. The van der Waals surface area contributed by atoms with Crippen molar-refractivity contribution >= 4 is 5.69 Å². The molecule has 0 aliphatic carbocycles. The number of fused-ring (bicyclic) bond motifs is 1. The Balaban J connectivity index is 2.39. The average Bonchev–Trinajstić information content (AvgIpc) is 2.38. The number of benzene rings is 1. The summed E-state index contributed by atoms with van der Waals surface area (Å²) in [7, 11) is 0. The van der Waals surface area contributed by atoms with E-state index < -0.39 is 0 Å². The molecule has 0 radical (unpaired) electrons. The molecule has 0 saturated heterocycles. The zero-order chi connectivity index (χ0) is 12.3. The van der Waals surface area contributed by atoms with Crippen molar-refractivity contribution in [2.75, 3.05) is 18.0 Å². The Bertz CT molecular complexity index is 381. The molecule has 1 heteroatoms. The molecule has 1 aromatic rings. The van der Waals surface area contributed by atoms with E-state index in [2.05, 4.69) is 37.8 Å². The van der Waals surface area contributed by atoms with Crippen molar-refractivity contribution in [3.05, 3.63) is 28.8 Å². The molecule has 1 aliphatic heterocycles. The molecule has 0 fully saturated rings. The fourth-order valence-corrected chi connectivity index (χ4v) is 2.96. The Morgan fingerprint density at radius 3 is 2.41 bits per heavy atom. The molecule has 0 atom stereocenters. The lowest BCUT2D eigenvalue weighted by molar-refractivity contribution is 0.679. The Hall–Kier alpha value is -0.980. The quantitative estimate of drug-likeness (QED) is 0.758. The van der Waals surface area contributed by atoms with Gasteiger partial charge in [0, 0.05) is 18.8 Å². The molecule has 0 N–H and O–H groups in total. The number of aryl methyl sites for hydroxylation is 3. The monoisotopic (exact) mass is 231 g/mol. The summed E-state index contributed by atoms with van der Waals surface area (Å²) in [5.41, 5.74) is 6.21. The number of nitrogens with zero attached hydrogens (tertiary/aromatic N) is 1. The minimum atomic E-state index is 1.16. The zero-order valence-electron chi connectivity index (χ0n) is 11.6. The van der Waals surface area contributed by atoms with Gasteiger partial charge in [0.25, 0.3) is 0 Å². The van der Waals surface area contributed by atoms with Crippen LogP contribution in [0.1, 0.15) is 50.3 Å². The number of rotatable bonds is 4. The first-order valence-corrected chi connectivity index (χ1v) is 7.19. The molecule has 0 spiro atoms. The van der Waals surface area contributed by atoms with Gasteiger partial charge in [-0.05, 0) is 54.9 Å². The van der Waals surface area contributed by atoms with Crippen LogP contribution in [0.15, 0.2) is 12.1 Å². The number of hydrogen-bond acceptors (Lipinski definition) is 1. The van der Waals surface area contributed by atoms with E-state index in [0.717, 1.165) is 6.42 Å². The summed E-state index contributed by atoms with van der Waals surface area (Å²) >= 11 is 0.